The standard InChI is InChI=1S/C4H9BN/c1-4-3-5-6(4)2/h4H,3H2,1-2H3. The first-order valence-corrected chi connectivity index (χ1v) is 2.36. The Morgan fingerprint density at radius 1 is 1.83 bits per heavy atom. The van der Waals surface area contributed by atoms with Crippen molar-refractivity contribution in [2.75, 3.05) is 7.05 Å². The molecule has 2 heteroatoms. The van der Waals surface area contributed by atoms with Crippen LogP contribution in [0, 0.1) is 0 Å². The van der Waals surface area contributed by atoms with Crippen LogP contribution in [0.15, 0.2) is 0 Å². The molecule has 1 atom stereocenters. The molecule has 0 bridgehead atoms. The van der Waals surface area contributed by atoms with Gasteiger partial charge in [0.1, 0.15) is 0 Å². The molecule has 0 saturated carbocycles. The Kier molecular flexibility index (Phi) is 0.883. The molecule has 1 aliphatic rings. The summed E-state index contributed by atoms with van der Waals surface area (Å²) in [4.78, 5) is 2.22. The quantitative estimate of drug-likeness (QED) is 0.381. The van der Waals surface area contributed by atoms with Crippen LogP contribution in [0.25, 0.3) is 0 Å². The van der Waals surface area contributed by atoms with Gasteiger partial charge in [0.05, 0.1) is 0 Å². The highest BCUT2D eigenvalue weighted by molar-refractivity contribution is 6.35. The zero-order chi connectivity index (χ0) is 4.57. The van der Waals surface area contributed by atoms with E-state index in [0.29, 0.717) is 0 Å². The van der Waals surface area contributed by atoms with Crippen LogP contribution in [-0.4, -0.2) is 25.3 Å². The van der Waals surface area contributed by atoms with Crippen LogP contribution in [0.4, 0.5) is 0 Å². The summed E-state index contributed by atoms with van der Waals surface area (Å²) in [5, 5.41) is 0. The fraction of sp³-hybridized carbons (Fsp3) is 1.00. The molecule has 0 aromatic rings. The summed E-state index contributed by atoms with van der Waals surface area (Å²) in [5.74, 6) is 0. The van der Waals surface area contributed by atoms with Gasteiger partial charge in [-0.3, -0.25) is 0 Å². The van der Waals surface area contributed by atoms with Gasteiger partial charge in [0.15, 0.2) is 0 Å². The molecule has 1 unspecified atom stereocenters. The first-order chi connectivity index (χ1) is 2.80. The minimum absolute atomic E-state index is 0.810. The van der Waals surface area contributed by atoms with Crippen LogP contribution in [0.5, 0.6) is 0 Å². The van der Waals surface area contributed by atoms with Crippen molar-refractivity contribution in [3.8, 4) is 0 Å². The van der Waals surface area contributed by atoms with Gasteiger partial charge < -0.3 is 4.81 Å². The van der Waals surface area contributed by atoms with Crippen molar-refractivity contribution in [1.29, 1.82) is 0 Å². The van der Waals surface area contributed by atoms with Crippen LogP contribution in [0.1, 0.15) is 6.92 Å². The zero-order valence-corrected chi connectivity index (χ0v) is 4.31. The predicted octanol–water partition coefficient (Wildman–Crippen LogP) is 0.358. The van der Waals surface area contributed by atoms with E-state index >= 15 is 0 Å². The summed E-state index contributed by atoms with van der Waals surface area (Å²) in [5.41, 5.74) is 0. The fourth-order valence-corrected chi connectivity index (χ4v) is 0.527. The summed E-state index contributed by atoms with van der Waals surface area (Å²) >= 11 is 0. The van der Waals surface area contributed by atoms with Gasteiger partial charge in [0, 0.05) is 0 Å². The second-order valence-electron chi connectivity index (χ2n) is 1.93. The number of rotatable bonds is 0. The lowest BCUT2D eigenvalue weighted by Crippen LogP contribution is -2.44. The van der Waals surface area contributed by atoms with Gasteiger partial charge >= 0.3 is 0 Å². The third kappa shape index (κ3) is 0.452. The van der Waals surface area contributed by atoms with E-state index in [2.05, 4.69) is 26.2 Å². The average molecular weight is 81.9 g/mol. The maximum absolute atomic E-state index is 2.22. The summed E-state index contributed by atoms with van der Waals surface area (Å²) in [6.45, 7) is 2.22. The van der Waals surface area contributed by atoms with Gasteiger partial charge in [-0.25, -0.2) is 0 Å². The molecule has 1 rings (SSSR count). The second-order valence-corrected chi connectivity index (χ2v) is 1.93. The van der Waals surface area contributed by atoms with Gasteiger partial charge in [-0.15, -0.1) is 0 Å². The van der Waals surface area contributed by atoms with Gasteiger partial charge in [-0.1, -0.05) is 6.92 Å². The van der Waals surface area contributed by atoms with Gasteiger partial charge in [-0.2, -0.15) is 0 Å². The molecular weight excluding hydrogens is 72.9 g/mol. The van der Waals surface area contributed by atoms with Crippen LogP contribution >= 0.6 is 0 Å². The van der Waals surface area contributed by atoms with E-state index in [0.717, 1.165) is 6.04 Å². The monoisotopic (exact) mass is 82.1 g/mol. The SMILES string of the molecule is CC1C[B]N1C. The van der Waals surface area contributed by atoms with E-state index in [1.807, 2.05) is 0 Å². The molecule has 0 aromatic carbocycles. The van der Waals surface area contributed by atoms with E-state index in [-0.39, 0.29) is 0 Å². The van der Waals surface area contributed by atoms with Crippen molar-refractivity contribution in [2.45, 2.75) is 19.3 Å². The van der Waals surface area contributed by atoms with Crippen molar-refractivity contribution in [3.63, 3.8) is 0 Å². The Morgan fingerprint density at radius 3 is 2.33 bits per heavy atom. The lowest BCUT2D eigenvalue weighted by Gasteiger charge is -2.33. The fourth-order valence-electron chi connectivity index (χ4n) is 0.527. The van der Waals surface area contributed by atoms with Gasteiger partial charge in [0.2, 0.25) is 7.41 Å². The minimum Gasteiger partial charge on any atom is -0.347 e. The van der Waals surface area contributed by atoms with Crippen molar-refractivity contribution in [3.05, 3.63) is 0 Å². The number of hydrogen-bond donors (Lipinski definition) is 0. The van der Waals surface area contributed by atoms with Crippen LogP contribution in [-0.2, 0) is 0 Å². The van der Waals surface area contributed by atoms with Crippen molar-refractivity contribution in [2.24, 2.45) is 0 Å². The maximum atomic E-state index is 2.22. The Balaban J connectivity index is 2.20. The highest BCUT2D eigenvalue weighted by Crippen LogP contribution is 2.10. The molecule has 1 nitrogen and oxygen atoms in total. The molecule has 0 aromatic heterocycles. The molecule has 1 radical (unpaired) electrons. The summed E-state index contributed by atoms with van der Waals surface area (Å²) in [6.07, 6.45) is 1.27. The molecule has 0 aliphatic carbocycles. The summed E-state index contributed by atoms with van der Waals surface area (Å²) in [6, 6.07) is 0.810. The van der Waals surface area contributed by atoms with E-state index < -0.39 is 0 Å². The van der Waals surface area contributed by atoms with Gasteiger partial charge in [-0.05, 0) is 19.4 Å². The van der Waals surface area contributed by atoms with Crippen LogP contribution in [0.3, 0.4) is 0 Å². The molecule has 0 spiro atoms. The largest absolute Gasteiger partial charge is 0.347 e. The Morgan fingerprint density at radius 2 is 2.33 bits per heavy atom. The Hall–Kier alpha value is 0.0249. The highest BCUT2D eigenvalue weighted by atomic mass is 15.1. The topological polar surface area (TPSA) is 3.24 Å². The smallest absolute Gasteiger partial charge is 0.209 e. The minimum atomic E-state index is 0.810. The van der Waals surface area contributed by atoms with Crippen molar-refractivity contribution >= 4 is 7.41 Å². The highest BCUT2D eigenvalue weighted by Gasteiger charge is 2.19. The van der Waals surface area contributed by atoms with Crippen LogP contribution in [0.2, 0.25) is 6.32 Å². The maximum Gasteiger partial charge on any atom is 0.209 e. The van der Waals surface area contributed by atoms with E-state index in [9.17, 15) is 0 Å². The normalized spacial score (nSPS) is 34.7. The molecule has 0 N–H and O–H groups in total. The number of hydrogen-bond acceptors (Lipinski definition) is 1. The molecule has 33 valence electrons. The first kappa shape index (κ1) is 4.19. The van der Waals surface area contributed by atoms with Gasteiger partial charge in [0.25, 0.3) is 0 Å². The molecule has 1 heterocycles. The second kappa shape index (κ2) is 1.26. The third-order valence-corrected chi connectivity index (χ3v) is 1.43. The zero-order valence-electron chi connectivity index (χ0n) is 4.31. The predicted molar refractivity (Wildman–Crippen MR) is 27.8 cm³/mol. The third-order valence-electron chi connectivity index (χ3n) is 1.43. The van der Waals surface area contributed by atoms with E-state index in [1.54, 1.807) is 0 Å². The molecular formula is C4H9BN. The number of nitrogens with zero attached hydrogens (tertiary/aromatic N) is 1. The lowest BCUT2D eigenvalue weighted by molar-refractivity contribution is 0.379. The van der Waals surface area contributed by atoms with Crippen molar-refractivity contribution < 1.29 is 0 Å². The van der Waals surface area contributed by atoms with E-state index in [1.165, 1.54) is 6.32 Å². The lowest BCUT2D eigenvalue weighted by atomic mass is 9.71. The molecule has 1 fully saturated rings. The van der Waals surface area contributed by atoms with Crippen LogP contribution < -0.4 is 0 Å². The Bertz CT molecular complexity index is 47.5. The average Bonchev–Trinajstić information content (AvgIpc) is 1.61. The van der Waals surface area contributed by atoms with E-state index in [4.69, 9.17) is 0 Å². The molecule has 0 amide bonds. The Labute approximate surface area is 39.6 Å². The summed E-state index contributed by atoms with van der Waals surface area (Å²) in [7, 11) is 4.30. The van der Waals surface area contributed by atoms with Crippen molar-refractivity contribution in [1.82, 2.24) is 4.81 Å². The molecule has 1 aliphatic heterocycles. The molecule has 1 saturated heterocycles. The molecule has 6 heavy (non-hydrogen) atoms. The first-order valence-electron chi connectivity index (χ1n) is 2.36. The summed E-state index contributed by atoms with van der Waals surface area (Å²) < 4.78 is 0.